The average Bonchev–Trinajstić information content (AvgIpc) is 2.55. The lowest BCUT2D eigenvalue weighted by Crippen LogP contribution is -2.25. The number of hydrogen-bond donors (Lipinski definition) is 2. The minimum atomic E-state index is -3.57. The Balaban J connectivity index is 3.11. The lowest BCUT2D eigenvalue weighted by Gasteiger charge is -2.19. The Bertz CT molecular complexity index is 514. The molecule has 1 heterocycles. The van der Waals surface area contributed by atoms with Crippen molar-refractivity contribution >= 4 is 32.4 Å². The Labute approximate surface area is 112 Å². The van der Waals surface area contributed by atoms with Gasteiger partial charge in [0.1, 0.15) is 5.00 Å². The van der Waals surface area contributed by atoms with Crippen molar-refractivity contribution in [1.82, 2.24) is 8.68 Å². The molecule has 0 fully saturated rings. The molecule has 1 aromatic heterocycles. The van der Waals surface area contributed by atoms with Gasteiger partial charge in [-0.1, -0.05) is 20.8 Å². The van der Waals surface area contributed by atoms with Gasteiger partial charge < -0.3 is 11.1 Å². The van der Waals surface area contributed by atoms with Gasteiger partial charge in [-0.2, -0.15) is 4.37 Å². The molecule has 6 nitrogen and oxygen atoms in total. The highest BCUT2D eigenvalue weighted by atomic mass is 32.2. The summed E-state index contributed by atoms with van der Waals surface area (Å²) < 4.78 is 29.3. The van der Waals surface area contributed by atoms with Gasteiger partial charge in [0.15, 0.2) is 10.7 Å². The molecule has 0 bridgehead atoms. The van der Waals surface area contributed by atoms with Crippen LogP contribution in [0.2, 0.25) is 0 Å². The van der Waals surface area contributed by atoms with Gasteiger partial charge in [-0.15, -0.1) is 0 Å². The van der Waals surface area contributed by atoms with Crippen LogP contribution in [0, 0.1) is 5.41 Å². The molecule has 0 spiro atoms. The Kier molecular flexibility index (Phi) is 4.24. The number of nitrogens with one attached hydrogen (secondary N) is 1. The first-order chi connectivity index (χ1) is 8.05. The first-order valence-electron chi connectivity index (χ1n) is 5.47. The number of nitrogens with two attached hydrogens (primary N) is 1. The second-order valence-corrected chi connectivity index (χ2v) is 8.29. The molecule has 0 aliphatic carbocycles. The average molecular weight is 292 g/mol. The van der Waals surface area contributed by atoms with Crippen LogP contribution in [-0.2, 0) is 10.0 Å². The van der Waals surface area contributed by atoms with Gasteiger partial charge in [0.2, 0.25) is 10.0 Å². The molecular weight excluding hydrogens is 272 g/mol. The minimum absolute atomic E-state index is 0.0396. The van der Waals surface area contributed by atoms with Gasteiger partial charge in [0.25, 0.3) is 0 Å². The van der Waals surface area contributed by atoms with Crippen LogP contribution < -0.4 is 11.1 Å². The minimum Gasteiger partial charge on any atom is -0.382 e. The molecule has 0 aliphatic rings. The molecule has 104 valence electrons. The molecule has 1 rings (SSSR count). The van der Waals surface area contributed by atoms with Crippen LogP contribution in [0.5, 0.6) is 0 Å². The first-order valence-corrected chi connectivity index (χ1v) is 7.68. The smallest absolute Gasteiger partial charge is 0.249 e. The molecule has 0 saturated carbocycles. The van der Waals surface area contributed by atoms with E-state index in [0.29, 0.717) is 11.5 Å². The summed E-state index contributed by atoms with van der Waals surface area (Å²) in [6.07, 6.45) is 0. The van der Waals surface area contributed by atoms with Crippen molar-refractivity contribution < 1.29 is 8.42 Å². The zero-order chi connectivity index (χ0) is 14.1. The summed E-state index contributed by atoms with van der Waals surface area (Å²) in [6, 6.07) is 0. The zero-order valence-corrected chi connectivity index (χ0v) is 12.9. The number of rotatable bonds is 4. The fraction of sp³-hybridized carbons (Fsp3) is 0.700. The van der Waals surface area contributed by atoms with Crippen molar-refractivity contribution in [3.8, 4) is 0 Å². The number of nitrogen functional groups attached to an aromatic ring is 1. The Morgan fingerprint density at radius 2 is 1.94 bits per heavy atom. The molecular formula is C10H20N4O2S2. The van der Waals surface area contributed by atoms with Crippen molar-refractivity contribution in [3.63, 3.8) is 0 Å². The van der Waals surface area contributed by atoms with Gasteiger partial charge in [-0.3, -0.25) is 0 Å². The van der Waals surface area contributed by atoms with Crippen molar-refractivity contribution in [1.29, 1.82) is 0 Å². The molecule has 0 atom stereocenters. The van der Waals surface area contributed by atoms with Crippen molar-refractivity contribution in [2.75, 3.05) is 31.7 Å². The molecule has 18 heavy (non-hydrogen) atoms. The largest absolute Gasteiger partial charge is 0.382 e. The zero-order valence-electron chi connectivity index (χ0n) is 11.3. The summed E-state index contributed by atoms with van der Waals surface area (Å²) in [5.74, 6) is 0.0464. The van der Waals surface area contributed by atoms with Crippen molar-refractivity contribution in [2.45, 2.75) is 25.7 Å². The SMILES string of the molecule is CN(C)S(=O)(=O)c1c(N)nsc1NCC(C)(C)C. The maximum atomic E-state index is 12.1. The lowest BCUT2D eigenvalue weighted by atomic mass is 9.97. The van der Waals surface area contributed by atoms with Crippen molar-refractivity contribution in [3.05, 3.63) is 0 Å². The van der Waals surface area contributed by atoms with E-state index in [1.54, 1.807) is 0 Å². The summed E-state index contributed by atoms with van der Waals surface area (Å²) in [7, 11) is -0.624. The maximum absolute atomic E-state index is 12.1. The van der Waals surface area contributed by atoms with Crippen LogP contribution in [0.15, 0.2) is 4.90 Å². The van der Waals surface area contributed by atoms with Crippen molar-refractivity contribution in [2.24, 2.45) is 5.41 Å². The van der Waals surface area contributed by atoms with Gasteiger partial charge in [-0.25, -0.2) is 12.7 Å². The van der Waals surface area contributed by atoms with E-state index in [1.165, 1.54) is 14.1 Å². The molecule has 0 radical (unpaired) electrons. The standard InChI is InChI=1S/C10H20N4O2S2/c1-10(2,3)6-12-9-7(8(11)13-17-9)18(15,16)14(4)5/h12H,6H2,1-5H3,(H2,11,13). The Hall–Kier alpha value is -0.860. The van der Waals surface area contributed by atoms with E-state index in [0.717, 1.165) is 15.8 Å². The van der Waals surface area contributed by atoms with E-state index in [4.69, 9.17) is 5.73 Å². The molecule has 0 saturated heterocycles. The Morgan fingerprint density at radius 1 is 1.39 bits per heavy atom. The fourth-order valence-electron chi connectivity index (χ4n) is 1.18. The number of nitrogens with zero attached hydrogens (tertiary/aromatic N) is 2. The number of anilines is 2. The topological polar surface area (TPSA) is 88.3 Å². The van der Waals surface area contributed by atoms with E-state index >= 15 is 0 Å². The Morgan fingerprint density at radius 3 is 2.39 bits per heavy atom. The molecule has 0 unspecified atom stereocenters. The third-order valence-corrected chi connectivity index (χ3v) is 5.03. The molecule has 0 amide bonds. The van der Waals surface area contributed by atoms with Gasteiger partial charge in [0, 0.05) is 20.6 Å². The van der Waals surface area contributed by atoms with Gasteiger partial charge in [0.05, 0.1) is 0 Å². The predicted molar refractivity (Wildman–Crippen MR) is 75.3 cm³/mol. The third-order valence-electron chi connectivity index (χ3n) is 2.19. The lowest BCUT2D eigenvalue weighted by molar-refractivity contribution is 0.443. The van der Waals surface area contributed by atoms with Crippen LogP contribution in [0.25, 0.3) is 0 Å². The van der Waals surface area contributed by atoms with Crippen LogP contribution in [0.3, 0.4) is 0 Å². The summed E-state index contributed by atoms with van der Waals surface area (Å²) in [4.78, 5) is 0.0711. The molecule has 3 N–H and O–H groups in total. The van der Waals surface area contributed by atoms with Gasteiger partial charge in [-0.05, 0) is 16.9 Å². The van der Waals surface area contributed by atoms with E-state index in [9.17, 15) is 8.42 Å². The molecule has 0 aliphatic heterocycles. The second kappa shape index (κ2) is 5.02. The monoisotopic (exact) mass is 292 g/mol. The van der Waals surface area contributed by atoms with E-state index in [2.05, 4.69) is 30.5 Å². The van der Waals surface area contributed by atoms with E-state index < -0.39 is 10.0 Å². The summed E-state index contributed by atoms with van der Waals surface area (Å²) in [5, 5.41) is 3.60. The highest BCUT2D eigenvalue weighted by Gasteiger charge is 2.28. The number of sulfonamides is 1. The summed E-state index contributed by atoms with van der Waals surface area (Å²) in [5.41, 5.74) is 5.70. The number of aromatic nitrogens is 1. The van der Waals surface area contributed by atoms with Gasteiger partial charge >= 0.3 is 0 Å². The normalized spacial score (nSPS) is 13.0. The van der Waals surface area contributed by atoms with Crippen LogP contribution in [0.1, 0.15) is 20.8 Å². The van der Waals surface area contributed by atoms with Crippen LogP contribution >= 0.6 is 11.5 Å². The third kappa shape index (κ3) is 3.33. The maximum Gasteiger partial charge on any atom is 0.249 e. The summed E-state index contributed by atoms with van der Waals surface area (Å²) in [6.45, 7) is 6.82. The highest BCUT2D eigenvalue weighted by Crippen LogP contribution is 2.33. The molecule has 1 aromatic rings. The predicted octanol–water partition coefficient (Wildman–Crippen LogP) is 1.43. The quantitative estimate of drug-likeness (QED) is 0.876. The van der Waals surface area contributed by atoms with E-state index in [-0.39, 0.29) is 16.1 Å². The molecule has 8 heteroatoms. The molecule has 0 aromatic carbocycles. The fourth-order valence-corrected chi connectivity index (χ4v) is 3.26. The van der Waals surface area contributed by atoms with E-state index in [1.807, 2.05) is 0 Å². The second-order valence-electron chi connectivity index (χ2n) is 5.43. The number of hydrogen-bond acceptors (Lipinski definition) is 6. The first kappa shape index (κ1) is 15.2. The highest BCUT2D eigenvalue weighted by molar-refractivity contribution is 7.89. The van der Waals surface area contributed by atoms with Crippen LogP contribution in [0.4, 0.5) is 10.8 Å². The van der Waals surface area contributed by atoms with Crippen LogP contribution in [-0.4, -0.2) is 37.7 Å². The summed E-state index contributed by atoms with van der Waals surface area (Å²) >= 11 is 1.07.